The highest BCUT2D eigenvalue weighted by molar-refractivity contribution is 5.05. The van der Waals surface area contributed by atoms with Crippen molar-refractivity contribution in [3.63, 3.8) is 0 Å². The number of hydrogen-bond acceptors (Lipinski definition) is 3. The summed E-state index contributed by atoms with van der Waals surface area (Å²) in [7, 11) is 0. The third-order valence-electron chi connectivity index (χ3n) is 3.28. The van der Waals surface area contributed by atoms with Gasteiger partial charge in [-0.2, -0.15) is 0 Å². The summed E-state index contributed by atoms with van der Waals surface area (Å²) in [5.41, 5.74) is 6.06. The zero-order valence-electron chi connectivity index (χ0n) is 9.57. The lowest BCUT2D eigenvalue weighted by Gasteiger charge is -2.34. The predicted octanol–water partition coefficient (Wildman–Crippen LogP) is 1.76. The molecule has 15 heavy (non-hydrogen) atoms. The van der Waals surface area contributed by atoms with Gasteiger partial charge in [-0.15, -0.1) is 0 Å². The number of rotatable bonds is 2. The van der Waals surface area contributed by atoms with E-state index in [-0.39, 0.29) is 0 Å². The number of nitrogens with two attached hydrogens (primary N) is 1. The van der Waals surface area contributed by atoms with Gasteiger partial charge in [0, 0.05) is 12.6 Å². The van der Waals surface area contributed by atoms with E-state index in [1.807, 2.05) is 13.0 Å². The Balaban J connectivity index is 1.90. The molecule has 0 bridgehead atoms. The maximum absolute atomic E-state index is 6.06. The molecule has 0 aliphatic carbocycles. The van der Waals surface area contributed by atoms with Crippen LogP contribution < -0.4 is 5.73 Å². The van der Waals surface area contributed by atoms with Gasteiger partial charge in [-0.3, -0.25) is 4.90 Å². The minimum absolute atomic E-state index is 0.315. The van der Waals surface area contributed by atoms with Crippen molar-refractivity contribution in [1.82, 2.24) is 4.90 Å². The van der Waals surface area contributed by atoms with E-state index in [1.54, 1.807) is 0 Å². The number of nitrogens with zero attached hydrogens (tertiary/aromatic N) is 1. The van der Waals surface area contributed by atoms with Crippen molar-refractivity contribution in [2.75, 3.05) is 13.1 Å². The van der Waals surface area contributed by atoms with Crippen LogP contribution in [0.5, 0.6) is 0 Å². The van der Waals surface area contributed by atoms with Gasteiger partial charge in [0.15, 0.2) is 0 Å². The van der Waals surface area contributed by atoms with Crippen LogP contribution in [0.2, 0.25) is 0 Å². The molecule has 0 aromatic carbocycles. The van der Waals surface area contributed by atoms with E-state index in [2.05, 4.69) is 17.9 Å². The first-order chi connectivity index (χ1) is 7.15. The first kappa shape index (κ1) is 10.7. The van der Waals surface area contributed by atoms with E-state index in [0.29, 0.717) is 12.0 Å². The molecule has 1 aliphatic rings. The molecule has 1 aromatic rings. The number of hydrogen-bond donors (Lipinski definition) is 1. The molecule has 2 N–H and O–H groups in total. The van der Waals surface area contributed by atoms with Crippen molar-refractivity contribution in [3.8, 4) is 0 Å². The Labute approximate surface area is 91.2 Å². The largest absolute Gasteiger partial charge is 0.465 e. The molecular weight excluding hydrogens is 188 g/mol. The normalized spacial score (nSPS) is 28.2. The molecule has 84 valence electrons. The van der Waals surface area contributed by atoms with Crippen LogP contribution >= 0.6 is 0 Å². The van der Waals surface area contributed by atoms with E-state index in [1.165, 1.54) is 6.42 Å². The first-order valence-electron chi connectivity index (χ1n) is 5.68. The number of likely N-dealkylation sites (tertiary alicyclic amines) is 1. The van der Waals surface area contributed by atoms with Crippen LogP contribution in [0.1, 0.15) is 24.9 Å². The van der Waals surface area contributed by atoms with Crippen molar-refractivity contribution < 1.29 is 4.42 Å². The lowest BCUT2D eigenvalue weighted by atomic mass is 9.94. The highest BCUT2D eigenvalue weighted by atomic mass is 16.3. The summed E-state index contributed by atoms with van der Waals surface area (Å²) in [5.74, 6) is 2.69. The Bertz CT molecular complexity index is 321. The van der Waals surface area contributed by atoms with Crippen LogP contribution in [0.25, 0.3) is 0 Å². The standard InChI is InChI=1S/C12H20N2O/c1-9-5-6-14(8-12(9)13)7-11-4-3-10(2)15-11/h3-4,9,12H,5-8,13H2,1-2H3. The van der Waals surface area contributed by atoms with Crippen LogP contribution in [0.3, 0.4) is 0 Å². The zero-order valence-corrected chi connectivity index (χ0v) is 9.57. The van der Waals surface area contributed by atoms with Crippen LogP contribution in [-0.2, 0) is 6.54 Å². The molecule has 0 spiro atoms. The predicted molar refractivity (Wildman–Crippen MR) is 60.5 cm³/mol. The maximum Gasteiger partial charge on any atom is 0.118 e. The van der Waals surface area contributed by atoms with Crippen molar-refractivity contribution >= 4 is 0 Å². The summed E-state index contributed by atoms with van der Waals surface area (Å²) in [6, 6.07) is 4.38. The average Bonchev–Trinajstić information content (AvgIpc) is 2.58. The first-order valence-corrected chi connectivity index (χ1v) is 5.68. The molecule has 0 saturated carbocycles. The molecular formula is C12H20N2O. The van der Waals surface area contributed by atoms with Gasteiger partial charge in [-0.05, 0) is 37.9 Å². The van der Waals surface area contributed by atoms with E-state index < -0.39 is 0 Å². The number of furan rings is 1. The molecule has 0 amide bonds. The summed E-state index contributed by atoms with van der Waals surface area (Å²) in [5, 5.41) is 0. The number of piperidine rings is 1. The van der Waals surface area contributed by atoms with Crippen LogP contribution in [0, 0.1) is 12.8 Å². The molecule has 3 nitrogen and oxygen atoms in total. The second-order valence-corrected chi connectivity index (χ2v) is 4.68. The molecule has 1 aromatic heterocycles. The second kappa shape index (κ2) is 4.37. The highest BCUT2D eigenvalue weighted by Gasteiger charge is 2.23. The summed E-state index contributed by atoms with van der Waals surface area (Å²) < 4.78 is 5.57. The molecule has 2 rings (SSSR count). The van der Waals surface area contributed by atoms with Crippen molar-refractivity contribution in [1.29, 1.82) is 0 Å². The molecule has 3 heteroatoms. The summed E-state index contributed by atoms with van der Waals surface area (Å²) in [4.78, 5) is 2.38. The van der Waals surface area contributed by atoms with Gasteiger partial charge < -0.3 is 10.2 Å². The minimum Gasteiger partial charge on any atom is -0.465 e. The van der Waals surface area contributed by atoms with Gasteiger partial charge in [0.05, 0.1) is 6.54 Å². The molecule has 1 saturated heterocycles. The fourth-order valence-corrected chi connectivity index (χ4v) is 2.10. The Morgan fingerprint density at radius 3 is 2.93 bits per heavy atom. The van der Waals surface area contributed by atoms with Crippen LogP contribution in [0.15, 0.2) is 16.5 Å². The summed E-state index contributed by atoms with van der Waals surface area (Å²) >= 11 is 0. The Kier molecular flexibility index (Phi) is 3.12. The van der Waals surface area contributed by atoms with E-state index in [9.17, 15) is 0 Å². The quantitative estimate of drug-likeness (QED) is 0.805. The molecule has 0 radical (unpaired) electrons. The van der Waals surface area contributed by atoms with Crippen LogP contribution in [0.4, 0.5) is 0 Å². The Morgan fingerprint density at radius 2 is 2.33 bits per heavy atom. The van der Waals surface area contributed by atoms with E-state index in [4.69, 9.17) is 10.2 Å². The molecule has 2 heterocycles. The fraction of sp³-hybridized carbons (Fsp3) is 0.667. The SMILES string of the molecule is Cc1ccc(CN2CCC(C)C(N)C2)o1. The summed E-state index contributed by atoms with van der Waals surface area (Å²) in [6.07, 6.45) is 1.20. The van der Waals surface area contributed by atoms with E-state index in [0.717, 1.165) is 31.2 Å². The lowest BCUT2D eigenvalue weighted by molar-refractivity contribution is 0.152. The average molecular weight is 208 g/mol. The lowest BCUT2D eigenvalue weighted by Crippen LogP contribution is -2.47. The zero-order chi connectivity index (χ0) is 10.8. The molecule has 2 unspecified atom stereocenters. The third-order valence-corrected chi connectivity index (χ3v) is 3.28. The van der Waals surface area contributed by atoms with Gasteiger partial charge in [0.1, 0.15) is 11.5 Å². The highest BCUT2D eigenvalue weighted by Crippen LogP contribution is 2.18. The van der Waals surface area contributed by atoms with Crippen molar-refractivity contribution in [3.05, 3.63) is 23.7 Å². The minimum atomic E-state index is 0.315. The van der Waals surface area contributed by atoms with Gasteiger partial charge in [0.2, 0.25) is 0 Å². The Hall–Kier alpha value is -0.800. The van der Waals surface area contributed by atoms with Crippen molar-refractivity contribution in [2.24, 2.45) is 11.7 Å². The fourth-order valence-electron chi connectivity index (χ4n) is 2.10. The second-order valence-electron chi connectivity index (χ2n) is 4.68. The smallest absolute Gasteiger partial charge is 0.118 e. The van der Waals surface area contributed by atoms with Crippen LogP contribution in [-0.4, -0.2) is 24.0 Å². The topological polar surface area (TPSA) is 42.4 Å². The monoisotopic (exact) mass is 208 g/mol. The summed E-state index contributed by atoms with van der Waals surface area (Å²) in [6.45, 7) is 7.23. The molecule has 1 aliphatic heterocycles. The molecule has 1 fully saturated rings. The van der Waals surface area contributed by atoms with Gasteiger partial charge in [-0.1, -0.05) is 6.92 Å². The number of aryl methyl sites for hydroxylation is 1. The van der Waals surface area contributed by atoms with Gasteiger partial charge in [-0.25, -0.2) is 0 Å². The Morgan fingerprint density at radius 1 is 1.53 bits per heavy atom. The third kappa shape index (κ3) is 2.61. The maximum atomic E-state index is 6.06. The van der Waals surface area contributed by atoms with Crippen molar-refractivity contribution in [2.45, 2.75) is 32.9 Å². The van der Waals surface area contributed by atoms with Gasteiger partial charge in [0.25, 0.3) is 0 Å². The van der Waals surface area contributed by atoms with Gasteiger partial charge >= 0.3 is 0 Å². The van der Waals surface area contributed by atoms with E-state index >= 15 is 0 Å². The molecule has 2 atom stereocenters.